The van der Waals surface area contributed by atoms with E-state index in [-0.39, 0.29) is 18.7 Å². The largest absolute Gasteiger partial charge is 0.445 e. The monoisotopic (exact) mass is 380 g/mol. The number of thiophene rings is 1. The van der Waals surface area contributed by atoms with Crippen LogP contribution in [0.1, 0.15) is 29.0 Å². The maximum absolute atomic E-state index is 12.4. The maximum atomic E-state index is 12.4. The topological polar surface area (TPSA) is 55.6 Å². The average Bonchev–Trinajstić information content (AvgIpc) is 3.17. The van der Waals surface area contributed by atoms with Crippen molar-refractivity contribution in [3.05, 3.63) is 82.0 Å². The Morgan fingerprint density at radius 3 is 2.56 bits per heavy atom. The van der Waals surface area contributed by atoms with Crippen LogP contribution in [0.2, 0.25) is 0 Å². The fourth-order valence-corrected chi connectivity index (χ4v) is 3.69. The van der Waals surface area contributed by atoms with E-state index in [1.807, 2.05) is 55.5 Å². The molecule has 0 fully saturated rings. The summed E-state index contributed by atoms with van der Waals surface area (Å²) in [5, 5.41) is 2.12. The van der Waals surface area contributed by atoms with Crippen LogP contribution >= 0.6 is 11.3 Å². The van der Waals surface area contributed by atoms with Crippen molar-refractivity contribution in [2.45, 2.75) is 26.1 Å². The van der Waals surface area contributed by atoms with Crippen molar-refractivity contribution >= 4 is 17.4 Å². The molecule has 3 rings (SSSR count). The van der Waals surface area contributed by atoms with Gasteiger partial charge in [-0.2, -0.15) is 0 Å². The molecule has 0 spiro atoms. The van der Waals surface area contributed by atoms with Gasteiger partial charge < -0.3 is 15.4 Å². The van der Waals surface area contributed by atoms with E-state index in [0.29, 0.717) is 6.54 Å². The third-order valence-corrected chi connectivity index (χ3v) is 5.45. The predicted octanol–water partition coefficient (Wildman–Crippen LogP) is 5.20. The van der Waals surface area contributed by atoms with Crippen LogP contribution in [-0.4, -0.2) is 18.0 Å². The molecule has 2 N–H and O–H groups in total. The van der Waals surface area contributed by atoms with Crippen LogP contribution in [0.15, 0.2) is 66.0 Å². The van der Waals surface area contributed by atoms with Crippen molar-refractivity contribution in [1.29, 1.82) is 0 Å². The van der Waals surface area contributed by atoms with Crippen LogP contribution in [0.3, 0.4) is 0 Å². The fraction of sp³-hybridized carbons (Fsp3) is 0.227. The molecule has 2 aromatic carbocycles. The lowest BCUT2D eigenvalue weighted by Gasteiger charge is -2.19. The number of hydrogen-bond donors (Lipinski definition) is 1. The lowest BCUT2D eigenvalue weighted by molar-refractivity contribution is 0.103. The second-order valence-corrected chi connectivity index (χ2v) is 7.52. The SMILES string of the molecule is CC(N)c1cc(-c2ccccc2CN(C)C(=O)OCc2ccccc2)cs1. The highest BCUT2D eigenvalue weighted by Crippen LogP contribution is 2.31. The molecule has 0 aliphatic heterocycles. The summed E-state index contributed by atoms with van der Waals surface area (Å²) >= 11 is 1.66. The van der Waals surface area contributed by atoms with E-state index in [9.17, 15) is 4.79 Å². The summed E-state index contributed by atoms with van der Waals surface area (Å²) in [6.45, 7) is 2.74. The molecule has 27 heavy (non-hydrogen) atoms. The molecule has 1 atom stereocenters. The third-order valence-electron chi connectivity index (χ3n) is 4.32. The summed E-state index contributed by atoms with van der Waals surface area (Å²) in [4.78, 5) is 15.1. The first kappa shape index (κ1) is 19.1. The minimum Gasteiger partial charge on any atom is -0.445 e. The first-order valence-electron chi connectivity index (χ1n) is 8.88. The van der Waals surface area contributed by atoms with Crippen molar-refractivity contribution in [2.24, 2.45) is 5.73 Å². The molecule has 140 valence electrons. The number of ether oxygens (including phenoxy) is 1. The molecule has 0 bridgehead atoms. The van der Waals surface area contributed by atoms with Crippen molar-refractivity contribution < 1.29 is 9.53 Å². The van der Waals surface area contributed by atoms with E-state index in [1.165, 1.54) is 0 Å². The molecule has 0 saturated carbocycles. The molecule has 4 nitrogen and oxygen atoms in total. The van der Waals surface area contributed by atoms with Crippen LogP contribution in [0.25, 0.3) is 11.1 Å². The van der Waals surface area contributed by atoms with Crippen LogP contribution in [0, 0.1) is 0 Å². The highest BCUT2D eigenvalue weighted by atomic mass is 32.1. The van der Waals surface area contributed by atoms with Gasteiger partial charge in [-0.3, -0.25) is 0 Å². The molecule has 0 aliphatic carbocycles. The fourth-order valence-electron chi connectivity index (χ4n) is 2.82. The minimum atomic E-state index is -0.338. The van der Waals surface area contributed by atoms with Gasteiger partial charge in [0.25, 0.3) is 0 Å². The van der Waals surface area contributed by atoms with Gasteiger partial charge in [-0.05, 0) is 40.6 Å². The summed E-state index contributed by atoms with van der Waals surface area (Å²) in [7, 11) is 1.76. The number of nitrogens with two attached hydrogens (primary N) is 1. The Morgan fingerprint density at radius 2 is 1.85 bits per heavy atom. The van der Waals surface area contributed by atoms with Gasteiger partial charge >= 0.3 is 6.09 Å². The highest BCUT2D eigenvalue weighted by molar-refractivity contribution is 7.10. The summed E-state index contributed by atoms with van der Waals surface area (Å²) in [6.07, 6.45) is -0.338. The quantitative estimate of drug-likeness (QED) is 0.639. The number of amides is 1. The first-order chi connectivity index (χ1) is 13.0. The number of hydrogen-bond acceptors (Lipinski definition) is 4. The molecule has 5 heteroatoms. The van der Waals surface area contributed by atoms with E-state index < -0.39 is 0 Å². The van der Waals surface area contributed by atoms with E-state index in [4.69, 9.17) is 10.5 Å². The molecule has 0 aliphatic rings. The van der Waals surface area contributed by atoms with Crippen molar-refractivity contribution in [2.75, 3.05) is 7.05 Å². The molecule has 1 aromatic heterocycles. The highest BCUT2D eigenvalue weighted by Gasteiger charge is 2.15. The zero-order chi connectivity index (χ0) is 19.2. The molecular weight excluding hydrogens is 356 g/mol. The van der Waals surface area contributed by atoms with E-state index in [0.717, 1.165) is 27.1 Å². The van der Waals surface area contributed by atoms with Crippen molar-refractivity contribution in [3.63, 3.8) is 0 Å². The number of carbonyl (C=O) groups excluding carboxylic acids is 1. The van der Waals surface area contributed by atoms with Crippen LogP contribution in [0.5, 0.6) is 0 Å². The molecule has 1 heterocycles. The summed E-state index contributed by atoms with van der Waals surface area (Å²) in [5.74, 6) is 0. The van der Waals surface area contributed by atoms with Crippen LogP contribution < -0.4 is 5.73 Å². The maximum Gasteiger partial charge on any atom is 0.410 e. The van der Waals surface area contributed by atoms with Crippen LogP contribution in [0.4, 0.5) is 4.79 Å². The zero-order valence-electron chi connectivity index (χ0n) is 15.6. The summed E-state index contributed by atoms with van der Waals surface area (Å²) in [6, 6.07) is 19.9. The number of benzene rings is 2. The standard InChI is InChI=1S/C22H24N2O2S/c1-16(23)21-12-19(15-27-21)20-11-7-6-10-18(20)13-24(2)22(25)26-14-17-8-4-3-5-9-17/h3-12,15-16H,13-14,23H2,1-2H3. The molecule has 3 aromatic rings. The minimum absolute atomic E-state index is 0.0200. The normalized spacial score (nSPS) is 11.8. The lowest BCUT2D eigenvalue weighted by Crippen LogP contribution is -2.27. The van der Waals surface area contributed by atoms with Gasteiger partial charge in [-0.15, -0.1) is 11.3 Å². The molecule has 0 radical (unpaired) electrons. The van der Waals surface area contributed by atoms with E-state index >= 15 is 0 Å². The number of rotatable bonds is 6. The Bertz CT molecular complexity index is 890. The molecule has 1 amide bonds. The van der Waals surface area contributed by atoms with Gasteiger partial charge in [0.1, 0.15) is 6.61 Å². The van der Waals surface area contributed by atoms with Gasteiger partial charge in [0, 0.05) is 24.5 Å². The number of carbonyl (C=O) groups is 1. The Balaban J connectivity index is 1.68. The lowest BCUT2D eigenvalue weighted by atomic mass is 10.0. The second-order valence-electron chi connectivity index (χ2n) is 6.58. The Labute approximate surface area is 164 Å². The Kier molecular flexibility index (Phi) is 6.27. The average molecular weight is 381 g/mol. The smallest absolute Gasteiger partial charge is 0.410 e. The first-order valence-corrected chi connectivity index (χ1v) is 9.76. The summed E-state index contributed by atoms with van der Waals surface area (Å²) in [5.41, 5.74) is 10.3. The van der Waals surface area contributed by atoms with Gasteiger partial charge in [-0.1, -0.05) is 54.6 Å². The van der Waals surface area contributed by atoms with Gasteiger partial charge in [-0.25, -0.2) is 4.79 Å². The van der Waals surface area contributed by atoms with E-state index in [2.05, 4.69) is 17.5 Å². The molecule has 1 unspecified atom stereocenters. The Hall–Kier alpha value is -2.63. The molecule has 0 saturated heterocycles. The van der Waals surface area contributed by atoms with Gasteiger partial charge in [0.05, 0.1) is 0 Å². The van der Waals surface area contributed by atoms with Gasteiger partial charge in [0.15, 0.2) is 0 Å². The van der Waals surface area contributed by atoms with Gasteiger partial charge in [0.2, 0.25) is 0 Å². The Morgan fingerprint density at radius 1 is 1.15 bits per heavy atom. The van der Waals surface area contributed by atoms with Crippen LogP contribution in [-0.2, 0) is 17.9 Å². The van der Waals surface area contributed by atoms with E-state index in [1.54, 1.807) is 23.3 Å². The number of nitrogens with zero attached hydrogens (tertiary/aromatic N) is 1. The van der Waals surface area contributed by atoms with Crippen molar-refractivity contribution in [3.8, 4) is 11.1 Å². The summed E-state index contributed by atoms with van der Waals surface area (Å²) < 4.78 is 5.42. The third kappa shape index (κ3) is 4.96. The zero-order valence-corrected chi connectivity index (χ0v) is 16.4. The second kappa shape index (κ2) is 8.84. The molecular formula is C22H24N2O2S. The predicted molar refractivity (Wildman–Crippen MR) is 110 cm³/mol. The van der Waals surface area contributed by atoms with Crippen molar-refractivity contribution in [1.82, 2.24) is 4.90 Å².